The number of carboxylic acids is 4. The fourth-order valence-electron chi connectivity index (χ4n) is 14.8. The number of aromatic nitrogens is 1. The number of nitrogens with two attached hydrogens (primary N) is 2. The number of sulfonamides is 1. The lowest BCUT2D eigenvalue weighted by atomic mass is 9.96. The van der Waals surface area contributed by atoms with Crippen LogP contribution in [0, 0.1) is 5.92 Å². The maximum Gasteiger partial charge on any atom is 0.329 e. The number of rotatable bonds is 41. The number of nitrogens with one attached hydrogen (secondary N) is 15. The Kier molecular flexibility index (Phi) is 43.2. The lowest BCUT2D eigenvalue weighted by molar-refractivity contribution is -0.156. The van der Waals surface area contributed by atoms with E-state index in [4.69, 9.17) is 16.2 Å². The van der Waals surface area contributed by atoms with Crippen molar-refractivity contribution >= 4 is 151 Å². The monoisotopic (exact) mass is 1930 g/mol. The molecule has 2 saturated heterocycles. The van der Waals surface area contributed by atoms with Crippen LogP contribution in [-0.4, -0.2) is 287 Å². The first-order valence-corrected chi connectivity index (χ1v) is 45.9. The molecular formula is C89H119N19O28S. The number of carbonyl (C=O) groups excluding carboxylic acids is 16. The Morgan fingerprint density at radius 1 is 0.540 bits per heavy atom. The van der Waals surface area contributed by atoms with Crippen LogP contribution in [0.5, 0.6) is 0 Å². The number of nitrogen functional groups attached to an aromatic ring is 1. The Labute approximate surface area is 786 Å². The van der Waals surface area contributed by atoms with Crippen molar-refractivity contribution in [2.24, 2.45) is 11.7 Å². The number of ether oxygens (including phenoxy) is 1. The van der Waals surface area contributed by atoms with Gasteiger partial charge in [0.1, 0.15) is 72.6 Å². The van der Waals surface area contributed by atoms with E-state index >= 15 is 14.4 Å². The average Bonchev–Trinajstić information content (AvgIpc) is 0.892. The summed E-state index contributed by atoms with van der Waals surface area (Å²) in [5.41, 5.74) is 13.9. The smallest absolute Gasteiger partial charge is 0.329 e. The zero-order chi connectivity index (χ0) is 101. The standard InChI is InChI=1S/C89H119N19O28S/c1-5-6-7-8-9-10-14-27-70(112)98-61(38-53-45-93-59-25-18-16-22-56(53)59)83(127)101-62(40-69(91)111)84(128)103-65(43-76(121)122)85(129)106-78-51(4)136-89(133)66(39-68(110)57-23-15-17-24-58(57)90)104-88(132)77(49(2)37-73(115)116)105-86(130)67(48-109)99-72(114)46-94-80(124)63(41-74(117)118)100-79(123)50(3)96-82(126)64(42-75(119)120)102-81(125)60(97-71(113)47-95-87(78)131)26-19-32-92-44-52-28-30-55(31-29-52)137(134,135)108-35-33-107(34-36-108)54-20-12-11-13-21-54/h11-13,15-18,20-25,28-31,45,49-51,60-67,77-78,92-93,109H,5-10,14,19,26-27,32-44,46-48,90H2,1-4H3,(H2,91,111)(H,94,124)(H,95,131)(H,96,126)(H,97,113)(H,98,112)(H,99,114)(H,100,123)(H,101,127)(H,102,125)(H,103,128)(H,104,132)(H,105,130)(H,106,129)(H,115,116)(H,117,118)(H,119,120)(H,121,122)/t49-,50-,51-,60+,61+,62+,63+,64?,65+,66+,67-,77?,78?/m1/s1. The Morgan fingerprint density at radius 2 is 1.09 bits per heavy atom. The lowest BCUT2D eigenvalue weighted by Crippen LogP contribution is -2.62. The minimum absolute atomic E-state index is 0.00856. The molecule has 0 radical (unpaired) electrons. The third-order valence-corrected chi connectivity index (χ3v) is 24.2. The normalized spacial score (nSPS) is 20.6. The zero-order valence-electron chi connectivity index (χ0n) is 75.9. The van der Waals surface area contributed by atoms with Crippen LogP contribution in [0.4, 0.5) is 11.4 Å². The second kappa shape index (κ2) is 54.1. The third kappa shape index (κ3) is 35.3. The summed E-state index contributed by atoms with van der Waals surface area (Å²) in [6.45, 7) is 2.48. The molecule has 5 aromatic rings. The number of aliphatic carboxylic acids is 4. The number of para-hydroxylation sites is 3. The highest BCUT2D eigenvalue weighted by Gasteiger charge is 2.42. The van der Waals surface area contributed by atoms with E-state index in [-0.39, 0.29) is 61.6 Å². The quantitative estimate of drug-likeness (QED) is 0.00790. The van der Waals surface area contributed by atoms with E-state index in [1.54, 1.807) is 42.6 Å². The van der Waals surface area contributed by atoms with Gasteiger partial charge in [-0.3, -0.25) is 91.1 Å². The number of unbranched alkanes of at least 4 members (excludes halogenated alkanes) is 6. The highest BCUT2D eigenvalue weighted by molar-refractivity contribution is 7.89. The number of piperazine rings is 1. The molecule has 4 aromatic carbocycles. The molecule has 0 bridgehead atoms. The van der Waals surface area contributed by atoms with E-state index in [0.717, 1.165) is 58.6 Å². The SMILES string of the molecule is CCCCCCCCCC(=O)N[C@@H](Cc1c[nH]c2ccccc12)C(=O)N[C@@H](CC(N)=O)C(=O)N[C@@H](CC(=O)O)C(=O)NC1C(=O)NCC(=O)N[C@@H](CCCNCc2ccc(S(=O)(=O)N3CCN(c4ccccc4)CC3)cc2)C(=O)NC(CC(=O)O)C(=O)N[C@H](C)C(=O)N[C@@H](CC(=O)O)C(=O)NCC(=O)N[C@H](CO)C(=O)NC([C@H](C)CC(=O)O)C(=O)N[C@@H](CC(=O)c2ccccc2N)C(=O)O[C@@H]1C. The number of primary amides is 1. The molecule has 3 unspecified atom stereocenters. The second-order valence-electron chi connectivity index (χ2n) is 33.0. The van der Waals surface area contributed by atoms with Crippen LogP contribution in [0.2, 0.25) is 0 Å². The number of carbonyl (C=O) groups is 20. The van der Waals surface area contributed by atoms with E-state index in [2.05, 4.69) is 80.6 Å². The molecule has 0 aliphatic carbocycles. The van der Waals surface area contributed by atoms with Gasteiger partial charge in [0.25, 0.3) is 0 Å². The maximum absolute atomic E-state index is 15.1. The van der Waals surface area contributed by atoms with E-state index in [9.17, 15) is 115 Å². The van der Waals surface area contributed by atoms with Gasteiger partial charge in [-0.2, -0.15) is 4.31 Å². The number of aliphatic hydroxyl groups excluding tert-OH is 1. The van der Waals surface area contributed by atoms with Gasteiger partial charge in [0.05, 0.1) is 56.7 Å². The summed E-state index contributed by atoms with van der Waals surface area (Å²) in [6.07, 6.45) is -2.72. The number of H-pyrrole nitrogens is 1. The number of esters is 1. The second-order valence-corrected chi connectivity index (χ2v) is 34.9. The number of nitrogens with zero attached hydrogens (tertiary/aromatic N) is 2. The van der Waals surface area contributed by atoms with Crippen molar-refractivity contribution in [2.45, 2.75) is 221 Å². The Morgan fingerprint density at radius 3 is 1.72 bits per heavy atom. The number of cyclic esters (lactones) is 1. The van der Waals surface area contributed by atoms with Crippen LogP contribution < -0.4 is 90.8 Å². The van der Waals surface area contributed by atoms with Gasteiger partial charge in [0.2, 0.25) is 92.7 Å². The molecule has 2 aliphatic heterocycles. The molecule has 7 rings (SSSR count). The van der Waals surface area contributed by atoms with Crippen molar-refractivity contribution in [3.63, 3.8) is 0 Å². The van der Waals surface area contributed by atoms with Gasteiger partial charge in [-0.1, -0.05) is 113 Å². The molecule has 47 nitrogen and oxygen atoms in total. The van der Waals surface area contributed by atoms with Crippen LogP contribution in [0.3, 0.4) is 0 Å². The van der Waals surface area contributed by atoms with Crippen molar-refractivity contribution < 1.29 is 135 Å². The molecule has 13 atom stereocenters. The summed E-state index contributed by atoms with van der Waals surface area (Å²) in [5, 5.41) is 83.0. The number of anilines is 2. The zero-order valence-corrected chi connectivity index (χ0v) is 76.7. The number of aromatic amines is 1. The highest BCUT2D eigenvalue weighted by Crippen LogP contribution is 2.25. The molecule has 137 heavy (non-hydrogen) atoms. The molecule has 1 aromatic heterocycles. The number of amides is 14. The molecule has 2 aliphatic rings. The lowest BCUT2D eigenvalue weighted by Gasteiger charge is -2.35. The predicted octanol–water partition coefficient (Wildman–Crippen LogP) is -3.28. The number of carboxylic acid groups (broad SMARTS) is 4. The number of hydrogen-bond donors (Lipinski definition) is 22. The largest absolute Gasteiger partial charge is 0.481 e. The van der Waals surface area contributed by atoms with Gasteiger partial charge in [0, 0.05) is 86.0 Å². The number of aliphatic hydroxyl groups is 1. The van der Waals surface area contributed by atoms with Crippen LogP contribution in [-0.2, 0) is 119 Å². The minimum atomic E-state index is -3.95. The maximum atomic E-state index is 15.1. The van der Waals surface area contributed by atoms with E-state index in [1.807, 2.05) is 41.0 Å². The van der Waals surface area contributed by atoms with Crippen molar-refractivity contribution in [1.82, 2.24) is 83.7 Å². The summed E-state index contributed by atoms with van der Waals surface area (Å²) < 4.78 is 34.8. The van der Waals surface area contributed by atoms with Crippen molar-refractivity contribution in [1.29, 1.82) is 0 Å². The Hall–Kier alpha value is -14.5. The molecule has 14 amide bonds. The Balaban J connectivity index is 1.25. The number of fused-ring (bicyclic) bond motifs is 1. The predicted molar refractivity (Wildman–Crippen MR) is 487 cm³/mol. The Bertz CT molecular complexity index is 5270. The van der Waals surface area contributed by atoms with Crippen LogP contribution in [0.25, 0.3) is 10.9 Å². The molecule has 744 valence electrons. The summed E-state index contributed by atoms with van der Waals surface area (Å²) in [4.78, 5) is 283. The van der Waals surface area contributed by atoms with E-state index < -0.39 is 271 Å². The van der Waals surface area contributed by atoms with Gasteiger partial charge < -0.3 is 126 Å². The topological polar surface area (TPSA) is 729 Å². The van der Waals surface area contributed by atoms with Crippen molar-refractivity contribution in [2.75, 3.05) is 63.1 Å². The summed E-state index contributed by atoms with van der Waals surface area (Å²) >= 11 is 0. The third-order valence-electron chi connectivity index (χ3n) is 22.3. The fourth-order valence-corrected chi connectivity index (χ4v) is 16.3. The first kappa shape index (κ1) is 109. The summed E-state index contributed by atoms with van der Waals surface area (Å²) in [6, 6.07) is 4.35. The molecule has 48 heteroatoms. The molecule has 3 heterocycles. The molecule has 0 spiro atoms. The summed E-state index contributed by atoms with van der Waals surface area (Å²) in [7, 11) is -3.95. The van der Waals surface area contributed by atoms with Crippen LogP contribution in [0.1, 0.15) is 152 Å². The van der Waals surface area contributed by atoms with Gasteiger partial charge in [0.15, 0.2) is 5.78 Å². The number of benzene rings is 4. The number of hydrogen-bond acceptors (Lipinski definition) is 27. The molecule has 2 fully saturated rings. The van der Waals surface area contributed by atoms with Gasteiger partial charge in [-0.05, 0) is 99.2 Å². The van der Waals surface area contributed by atoms with Crippen molar-refractivity contribution in [3.8, 4) is 0 Å². The minimum Gasteiger partial charge on any atom is -0.481 e. The van der Waals surface area contributed by atoms with Crippen molar-refractivity contribution in [3.05, 3.63) is 126 Å². The average molecular weight is 1940 g/mol. The molecule has 0 saturated carbocycles. The first-order chi connectivity index (χ1) is 65.0. The number of ketones is 1. The molecular weight excluding hydrogens is 1820 g/mol. The van der Waals surface area contributed by atoms with Gasteiger partial charge in [-0.25, -0.2) is 13.2 Å². The van der Waals surface area contributed by atoms with E-state index in [0.29, 0.717) is 48.0 Å². The molecule has 24 N–H and O–H groups in total. The first-order valence-electron chi connectivity index (χ1n) is 44.4. The highest BCUT2D eigenvalue weighted by atomic mass is 32.2. The van der Waals surface area contributed by atoms with Gasteiger partial charge in [-0.15, -0.1) is 0 Å². The van der Waals surface area contributed by atoms with E-state index in [1.165, 1.54) is 40.7 Å². The summed E-state index contributed by atoms with van der Waals surface area (Å²) in [5.74, 6) is -30.2. The van der Waals surface area contributed by atoms with Crippen LogP contribution >= 0.6 is 0 Å². The van der Waals surface area contributed by atoms with Crippen LogP contribution in [0.15, 0.2) is 114 Å². The number of Topliss-reactive ketones (excluding diaryl/α,β-unsaturated/α-hetero) is 1. The van der Waals surface area contributed by atoms with Gasteiger partial charge >= 0.3 is 29.8 Å². The fraction of sp³-hybridized carbons (Fsp3) is 0.483.